The minimum Gasteiger partial charge on any atom is -0.504 e. The molecule has 0 unspecified atom stereocenters. The highest BCUT2D eigenvalue weighted by atomic mass is 16.3. The highest BCUT2D eigenvalue weighted by Crippen LogP contribution is 2.57. The van der Waals surface area contributed by atoms with Gasteiger partial charge in [-0.3, -0.25) is 0 Å². The lowest BCUT2D eigenvalue weighted by atomic mass is 9.84. The van der Waals surface area contributed by atoms with Crippen LogP contribution in [0.5, 0.6) is 23.0 Å². The van der Waals surface area contributed by atoms with Crippen molar-refractivity contribution in [3.63, 3.8) is 0 Å². The monoisotopic (exact) mass is 570 g/mol. The molecule has 210 valence electrons. The van der Waals surface area contributed by atoms with Gasteiger partial charge < -0.3 is 20.4 Å². The molecule has 0 heterocycles. The molecule has 0 bridgehead atoms. The molecule has 0 spiro atoms. The summed E-state index contributed by atoms with van der Waals surface area (Å²) in [5, 5.41) is 53.5. The summed E-state index contributed by atoms with van der Waals surface area (Å²) in [6.45, 7) is 0. The minimum absolute atomic E-state index is 0.0249. The van der Waals surface area contributed by atoms with Crippen molar-refractivity contribution < 1.29 is 20.4 Å². The molecule has 0 atom stereocenters. The number of hydrogen-bond donors (Lipinski definition) is 4. The van der Waals surface area contributed by atoms with E-state index in [4.69, 9.17) is 0 Å². The first-order chi connectivity index (χ1) is 21.5. The summed E-state index contributed by atoms with van der Waals surface area (Å²) in [7, 11) is 0. The quantitative estimate of drug-likeness (QED) is 0.0737. The van der Waals surface area contributed by atoms with Crippen LogP contribution in [0, 0.1) is 0 Å². The van der Waals surface area contributed by atoms with Crippen molar-refractivity contribution in [2.75, 3.05) is 0 Å². The van der Waals surface area contributed by atoms with Gasteiger partial charge in [-0.15, -0.1) is 0 Å². The molecule has 0 aliphatic heterocycles. The molecule has 4 N–H and O–H groups in total. The maximum atomic E-state index is 11.5. The molecule has 8 rings (SSSR count). The zero-order chi connectivity index (χ0) is 29.9. The number of rotatable bonds is 3. The highest BCUT2D eigenvalue weighted by Gasteiger charge is 2.28. The van der Waals surface area contributed by atoms with Gasteiger partial charge in [-0.05, 0) is 65.8 Å². The Hall–Kier alpha value is -6.00. The Balaban J connectivity index is 1.48. The Morgan fingerprint density at radius 1 is 0.273 bits per heavy atom. The molecule has 0 aliphatic rings. The summed E-state index contributed by atoms with van der Waals surface area (Å²) < 4.78 is 0. The van der Waals surface area contributed by atoms with E-state index in [0.29, 0.717) is 11.1 Å². The van der Waals surface area contributed by atoms with E-state index < -0.39 is 23.0 Å². The Kier molecular flexibility index (Phi) is 5.71. The SMILES string of the molecule is Oc1c(O)c(-c2c3ccccc3c(-c3ccc4ccc5ccccc5c4c3)c3ccccc23)c(O)c(O)c1-c1ccccc1. The van der Waals surface area contributed by atoms with Gasteiger partial charge in [0.05, 0.1) is 11.1 Å². The molecular weight excluding hydrogens is 544 g/mol. The van der Waals surface area contributed by atoms with E-state index in [1.165, 1.54) is 10.8 Å². The van der Waals surface area contributed by atoms with E-state index in [1.54, 1.807) is 24.3 Å². The molecule has 8 aromatic carbocycles. The average molecular weight is 571 g/mol. The third-order valence-electron chi connectivity index (χ3n) is 8.68. The van der Waals surface area contributed by atoms with Crippen molar-refractivity contribution in [3.05, 3.63) is 133 Å². The zero-order valence-electron chi connectivity index (χ0n) is 23.5. The standard InChI is InChI=1S/C40H26O4/c41-37-34(25-11-2-1-3-12-25)38(42)40(44)36(39(37)43)35-30-16-8-6-14-28(30)33(29-15-7-9-17-31(29)35)26-21-20-24-19-18-23-10-4-5-13-27(23)32(24)22-26/h1-22,41-44H. The van der Waals surface area contributed by atoms with Gasteiger partial charge >= 0.3 is 0 Å². The van der Waals surface area contributed by atoms with Crippen molar-refractivity contribution in [1.82, 2.24) is 0 Å². The van der Waals surface area contributed by atoms with Crippen LogP contribution in [0.4, 0.5) is 0 Å². The van der Waals surface area contributed by atoms with Gasteiger partial charge in [-0.2, -0.15) is 0 Å². The first-order valence-corrected chi connectivity index (χ1v) is 14.4. The molecule has 0 amide bonds. The fourth-order valence-electron chi connectivity index (χ4n) is 6.68. The second-order valence-corrected chi connectivity index (χ2v) is 11.1. The van der Waals surface area contributed by atoms with Crippen molar-refractivity contribution >= 4 is 43.1 Å². The third kappa shape index (κ3) is 3.71. The van der Waals surface area contributed by atoms with E-state index in [0.717, 1.165) is 43.4 Å². The van der Waals surface area contributed by atoms with E-state index in [9.17, 15) is 20.4 Å². The number of fused-ring (bicyclic) bond motifs is 5. The van der Waals surface area contributed by atoms with Crippen LogP contribution in [-0.4, -0.2) is 20.4 Å². The first-order valence-electron chi connectivity index (χ1n) is 14.4. The molecule has 44 heavy (non-hydrogen) atoms. The lowest BCUT2D eigenvalue weighted by Gasteiger charge is -2.21. The van der Waals surface area contributed by atoms with Gasteiger partial charge in [-0.1, -0.05) is 127 Å². The van der Waals surface area contributed by atoms with Crippen LogP contribution in [0.15, 0.2) is 133 Å². The maximum absolute atomic E-state index is 11.5. The van der Waals surface area contributed by atoms with E-state index >= 15 is 0 Å². The number of benzene rings is 8. The van der Waals surface area contributed by atoms with Crippen LogP contribution in [0.3, 0.4) is 0 Å². The molecule has 4 nitrogen and oxygen atoms in total. The number of aromatic hydroxyl groups is 4. The van der Waals surface area contributed by atoms with Crippen LogP contribution in [-0.2, 0) is 0 Å². The Bertz CT molecular complexity index is 2340. The van der Waals surface area contributed by atoms with Crippen LogP contribution in [0.25, 0.3) is 76.5 Å². The number of hydrogen-bond acceptors (Lipinski definition) is 4. The van der Waals surface area contributed by atoms with E-state index in [-0.39, 0.29) is 11.1 Å². The van der Waals surface area contributed by atoms with Crippen molar-refractivity contribution in [2.45, 2.75) is 0 Å². The van der Waals surface area contributed by atoms with E-state index in [1.807, 2.05) is 60.7 Å². The van der Waals surface area contributed by atoms with Gasteiger partial charge in [0.1, 0.15) is 0 Å². The van der Waals surface area contributed by atoms with Gasteiger partial charge in [0.15, 0.2) is 23.0 Å². The molecule has 0 saturated heterocycles. The summed E-state index contributed by atoms with van der Waals surface area (Å²) >= 11 is 0. The van der Waals surface area contributed by atoms with Crippen LogP contribution >= 0.6 is 0 Å². The molecule has 0 aromatic heterocycles. The minimum atomic E-state index is -0.501. The Labute approximate surface area is 253 Å². The second-order valence-electron chi connectivity index (χ2n) is 11.1. The second kappa shape index (κ2) is 9.79. The van der Waals surface area contributed by atoms with Crippen molar-refractivity contribution in [2.24, 2.45) is 0 Å². The highest BCUT2D eigenvalue weighted by molar-refractivity contribution is 6.23. The molecule has 0 saturated carbocycles. The predicted molar refractivity (Wildman–Crippen MR) is 179 cm³/mol. The van der Waals surface area contributed by atoms with E-state index in [2.05, 4.69) is 48.5 Å². The lowest BCUT2D eigenvalue weighted by molar-refractivity contribution is 0.378. The average Bonchev–Trinajstić information content (AvgIpc) is 3.07. The predicted octanol–water partition coefficient (Wildman–Crippen LogP) is 10.1. The number of phenols is 4. The van der Waals surface area contributed by atoms with Crippen molar-refractivity contribution in [3.8, 4) is 56.4 Å². The molecule has 8 aromatic rings. The molecule has 0 aliphatic carbocycles. The molecule has 0 fully saturated rings. The fraction of sp³-hybridized carbons (Fsp3) is 0. The van der Waals surface area contributed by atoms with Gasteiger partial charge in [0.2, 0.25) is 0 Å². The molecule has 4 heteroatoms. The largest absolute Gasteiger partial charge is 0.504 e. The van der Waals surface area contributed by atoms with Gasteiger partial charge in [0, 0.05) is 5.56 Å². The summed E-state index contributed by atoms with van der Waals surface area (Å²) in [6, 6.07) is 43.5. The van der Waals surface area contributed by atoms with Gasteiger partial charge in [-0.25, -0.2) is 0 Å². The smallest absolute Gasteiger partial charge is 0.170 e. The van der Waals surface area contributed by atoms with Crippen LogP contribution in [0.1, 0.15) is 0 Å². The Morgan fingerprint density at radius 3 is 1.30 bits per heavy atom. The number of phenolic OH excluding ortho intramolecular Hbond substituents is 4. The molecule has 0 radical (unpaired) electrons. The first kappa shape index (κ1) is 25.7. The van der Waals surface area contributed by atoms with Crippen molar-refractivity contribution in [1.29, 1.82) is 0 Å². The summed E-state index contributed by atoms with van der Waals surface area (Å²) in [6.07, 6.45) is 0. The molecular formula is C40H26O4. The zero-order valence-corrected chi connectivity index (χ0v) is 23.5. The summed E-state index contributed by atoms with van der Waals surface area (Å²) in [5.74, 6) is -2.00. The fourth-order valence-corrected chi connectivity index (χ4v) is 6.68. The summed E-state index contributed by atoms with van der Waals surface area (Å²) in [4.78, 5) is 0. The summed E-state index contributed by atoms with van der Waals surface area (Å²) in [5.41, 5.74) is 2.98. The van der Waals surface area contributed by atoms with Crippen LogP contribution < -0.4 is 0 Å². The van der Waals surface area contributed by atoms with Gasteiger partial charge in [0.25, 0.3) is 0 Å². The lowest BCUT2D eigenvalue weighted by Crippen LogP contribution is -1.93. The van der Waals surface area contributed by atoms with Crippen LogP contribution in [0.2, 0.25) is 0 Å². The normalized spacial score (nSPS) is 11.5. The topological polar surface area (TPSA) is 80.9 Å². The maximum Gasteiger partial charge on any atom is 0.170 e. The third-order valence-corrected chi connectivity index (χ3v) is 8.68. The Morgan fingerprint density at radius 2 is 0.705 bits per heavy atom.